The van der Waals surface area contributed by atoms with Gasteiger partial charge in [0.2, 0.25) is 6.29 Å². The third kappa shape index (κ3) is 3.81. The van der Waals surface area contributed by atoms with Crippen molar-refractivity contribution in [3.63, 3.8) is 0 Å². The largest absolute Gasteiger partial charge is 0.462 e. The van der Waals surface area contributed by atoms with Gasteiger partial charge >= 0.3 is 0 Å². The lowest BCUT2D eigenvalue weighted by Gasteiger charge is -2.38. The highest BCUT2D eigenvalue weighted by atomic mass is 16.7. The minimum Gasteiger partial charge on any atom is -0.462 e. The van der Waals surface area contributed by atoms with Crippen LogP contribution in [0.15, 0.2) is 41.7 Å². The van der Waals surface area contributed by atoms with E-state index in [0.717, 1.165) is 6.21 Å². The lowest BCUT2D eigenvalue weighted by atomic mass is 10.00. The average molecular weight is 361 g/mol. The Hall–Kier alpha value is -2.59. The van der Waals surface area contributed by atoms with Crippen LogP contribution in [0.5, 0.6) is 5.75 Å². The number of rotatable bonds is 4. The molecule has 5 unspecified atom stereocenters. The molecule has 1 saturated heterocycles. The van der Waals surface area contributed by atoms with Gasteiger partial charge in [0.1, 0.15) is 24.1 Å². The molecule has 3 heterocycles. The lowest BCUT2D eigenvalue weighted by Crippen LogP contribution is -2.58. The van der Waals surface area contributed by atoms with Crippen molar-refractivity contribution in [1.82, 2.24) is 9.97 Å². The van der Waals surface area contributed by atoms with E-state index in [0.29, 0.717) is 17.1 Å². The molecule has 26 heavy (non-hydrogen) atoms. The Morgan fingerprint density at radius 1 is 1.12 bits per heavy atom. The Balaban J connectivity index is 1.91. The van der Waals surface area contributed by atoms with E-state index in [9.17, 15) is 15.3 Å². The smallest absolute Gasteiger partial charge is 0.229 e. The molecule has 1 aliphatic rings. The van der Waals surface area contributed by atoms with Crippen molar-refractivity contribution < 1.29 is 30.0 Å². The zero-order valence-electron chi connectivity index (χ0n) is 13.9. The Labute approximate surface area is 149 Å². The summed E-state index contributed by atoms with van der Waals surface area (Å²) in [5, 5.41) is 41.5. The molecule has 9 heteroatoms. The second kappa shape index (κ2) is 7.75. The molecule has 0 saturated carbocycles. The fraction of sp³-hybridized carbons (Fsp3) is 0.353. The second-order valence-electron chi connectivity index (χ2n) is 5.87. The van der Waals surface area contributed by atoms with E-state index in [1.165, 1.54) is 6.07 Å². The summed E-state index contributed by atoms with van der Waals surface area (Å²) in [6, 6.07) is 8.37. The maximum absolute atomic E-state index is 10.1. The Kier molecular flexibility index (Phi) is 5.43. The minimum absolute atomic E-state index is 0.260. The minimum atomic E-state index is -1.44. The van der Waals surface area contributed by atoms with Gasteiger partial charge < -0.3 is 30.0 Å². The summed E-state index contributed by atoms with van der Waals surface area (Å²) >= 11 is 0. The number of hydrogen-bond donors (Lipinski definition) is 4. The van der Waals surface area contributed by atoms with Crippen molar-refractivity contribution in [2.45, 2.75) is 37.6 Å². The van der Waals surface area contributed by atoms with Crippen molar-refractivity contribution in [1.29, 1.82) is 0 Å². The molecule has 0 aromatic carbocycles. The number of ether oxygens (including phenoxy) is 2. The summed E-state index contributed by atoms with van der Waals surface area (Å²) in [7, 11) is 0. The zero-order valence-corrected chi connectivity index (χ0v) is 13.9. The molecule has 3 rings (SSSR count). The zero-order chi connectivity index (χ0) is 18.7. The number of aromatic nitrogens is 2. The highest BCUT2D eigenvalue weighted by Crippen LogP contribution is 2.27. The molecule has 5 atom stereocenters. The van der Waals surface area contributed by atoms with Crippen molar-refractivity contribution in [3.8, 4) is 17.1 Å². The van der Waals surface area contributed by atoms with E-state index in [1.54, 1.807) is 37.4 Å². The molecule has 0 spiro atoms. The van der Waals surface area contributed by atoms with E-state index in [-0.39, 0.29) is 5.75 Å². The first kappa shape index (κ1) is 18.2. The monoisotopic (exact) mass is 361 g/mol. The van der Waals surface area contributed by atoms with Gasteiger partial charge in [-0.05, 0) is 19.1 Å². The molecule has 0 aliphatic carbocycles. The first-order valence-electron chi connectivity index (χ1n) is 7.97. The van der Waals surface area contributed by atoms with E-state index in [2.05, 4.69) is 15.1 Å². The number of aliphatic hydroxyl groups is 3. The molecule has 1 fully saturated rings. The van der Waals surface area contributed by atoms with Crippen LogP contribution in [0.3, 0.4) is 0 Å². The van der Waals surface area contributed by atoms with Gasteiger partial charge in [0.05, 0.1) is 29.4 Å². The fourth-order valence-corrected chi connectivity index (χ4v) is 2.61. The number of nitrogens with zero attached hydrogens (tertiary/aromatic N) is 3. The standard InChI is InChI=1S/C17H19N3O6/c1-9-14(21)15(22)16(23)17(25-9)26-11-6-10(8-19-24)20-13(7-11)12-4-2-3-5-18-12/h2-9,14-17,21-24H,1H3. The summed E-state index contributed by atoms with van der Waals surface area (Å²) in [4.78, 5) is 8.51. The van der Waals surface area contributed by atoms with Crippen LogP contribution < -0.4 is 4.74 Å². The SMILES string of the molecule is CC1OC(Oc2cc(C=NO)nc(-c3ccccn3)c2)C(O)C(O)C1O. The quantitative estimate of drug-likeness (QED) is 0.343. The van der Waals surface area contributed by atoms with Gasteiger partial charge in [-0.2, -0.15) is 0 Å². The maximum Gasteiger partial charge on any atom is 0.229 e. The van der Waals surface area contributed by atoms with Gasteiger partial charge in [-0.25, -0.2) is 4.98 Å². The summed E-state index contributed by atoms with van der Waals surface area (Å²) in [5.41, 5.74) is 1.32. The van der Waals surface area contributed by atoms with Gasteiger partial charge in [0.15, 0.2) is 0 Å². The third-order valence-electron chi connectivity index (χ3n) is 4.00. The summed E-state index contributed by atoms with van der Waals surface area (Å²) < 4.78 is 11.1. The number of hydrogen-bond acceptors (Lipinski definition) is 9. The summed E-state index contributed by atoms with van der Waals surface area (Å²) in [5.74, 6) is 0.260. The molecule has 4 N–H and O–H groups in total. The average Bonchev–Trinajstić information content (AvgIpc) is 2.65. The van der Waals surface area contributed by atoms with Crippen LogP contribution in [-0.4, -0.2) is 67.4 Å². The first-order chi connectivity index (χ1) is 12.5. The van der Waals surface area contributed by atoms with Crippen LogP contribution in [-0.2, 0) is 4.74 Å². The van der Waals surface area contributed by atoms with Gasteiger partial charge in [0.25, 0.3) is 0 Å². The van der Waals surface area contributed by atoms with Crippen molar-refractivity contribution >= 4 is 6.21 Å². The van der Waals surface area contributed by atoms with Crippen LogP contribution >= 0.6 is 0 Å². The molecule has 2 aromatic heterocycles. The molecular weight excluding hydrogens is 342 g/mol. The Morgan fingerprint density at radius 2 is 1.92 bits per heavy atom. The highest BCUT2D eigenvalue weighted by Gasteiger charge is 2.43. The van der Waals surface area contributed by atoms with Gasteiger partial charge in [-0.15, -0.1) is 0 Å². The van der Waals surface area contributed by atoms with E-state index < -0.39 is 30.7 Å². The van der Waals surface area contributed by atoms with Crippen molar-refractivity contribution in [2.75, 3.05) is 0 Å². The second-order valence-corrected chi connectivity index (χ2v) is 5.87. The van der Waals surface area contributed by atoms with Crippen LogP contribution in [0.1, 0.15) is 12.6 Å². The van der Waals surface area contributed by atoms with Gasteiger partial charge in [-0.1, -0.05) is 11.2 Å². The van der Waals surface area contributed by atoms with Crippen LogP contribution in [0.4, 0.5) is 0 Å². The molecule has 138 valence electrons. The third-order valence-corrected chi connectivity index (χ3v) is 4.00. The predicted octanol–water partition coefficient (Wildman–Crippen LogP) is 0.158. The molecule has 0 radical (unpaired) electrons. The summed E-state index contributed by atoms with van der Waals surface area (Å²) in [6.07, 6.45) is -3.25. The van der Waals surface area contributed by atoms with E-state index in [1.807, 2.05) is 0 Å². The number of oxime groups is 1. The Morgan fingerprint density at radius 3 is 2.62 bits per heavy atom. The van der Waals surface area contributed by atoms with Crippen molar-refractivity contribution in [2.24, 2.45) is 5.16 Å². The molecule has 0 amide bonds. The highest BCUT2D eigenvalue weighted by molar-refractivity contribution is 5.78. The van der Waals surface area contributed by atoms with Crippen LogP contribution in [0.25, 0.3) is 11.4 Å². The van der Waals surface area contributed by atoms with E-state index >= 15 is 0 Å². The van der Waals surface area contributed by atoms with Crippen LogP contribution in [0.2, 0.25) is 0 Å². The molecule has 0 bridgehead atoms. The maximum atomic E-state index is 10.1. The molecule has 9 nitrogen and oxygen atoms in total. The number of aliphatic hydroxyl groups excluding tert-OH is 3. The predicted molar refractivity (Wildman–Crippen MR) is 89.8 cm³/mol. The number of pyridine rings is 2. The van der Waals surface area contributed by atoms with Crippen molar-refractivity contribution in [3.05, 3.63) is 42.2 Å². The van der Waals surface area contributed by atoms with Crippen LogP contribution in [0, 0.1) is 0 Å². The Bertz CT molecular complexity index is 772. The molecular formula is C17H19N3O6. The molecule has 2 aromatic rings. The fourth-order valence-electron chi connectivity index (χ4n) is 2.61. The topological polar surface area (TPSA) is 138 Å². The normalized spacial score (nSPS) is 29.0. The van der Waals surface area contributed by atoms with Gasteiger partial charge in [0, 0.05) is 18.3 Å². The lowest BCUT2D eigenvalue weighted by molar-refractivity contribution is -0.268. The van der Waals surface area contributed by atoms with Gasteiger partial charge in [-0.3, -0.25) is 4.98 Å². The summed E-state index contributed by atoms with van der Waals surface area (Å²) in [6.45, 7) is 1.56. The van der Waals surface area contributed by atoms with E-state index in [4.69, 9.17) is 14.7 Å². The molecule has 1 aliphatic heterocycles. The first-order valence-corrected chi connectivity index (χ1v) is 7.97.